The van der Waals surface area contributed by atoms with Gasteiger partial charge in [0.05, 0.1) is 0 Å². The summed E-state index contributed by atoms with van der Waals surface area (Å²) in [6.07, 6.45) is 0.563. The normalized spacial score (nSPS) is 12.3. The third-order valence-corrected chi connectivity index (χ3v) is 4.52. The molecule has 4 nitrogen and oxygen atoms in total. The fourth-order valence-electron chi connectivity index (χ4n) is 2.91. The predicted octanol–water partition coefficient (Wildman–Crippen LogP) is 3.15. The van der Waals surface area contributed by atoms with Crippen LogP contribution >= 0.6 is 0 Å². The molecule has 0 saturated carbocycles. The van der Waals surface area contributed by atoms with Gasteiger partial charge in [-0.05, 0) is 63.2 Å². The quantitative estimate of drug-likeness (QED) is 0.607. The van der Waals surface area contributed by atoms with Crippen LogP contribution in [-0.4, -0.2) is 49.4 Å². The van der Waals surface area contributed by atoms with Crippen molar-refractivity contribution in [3.63, 3.8) is 0 Å². The van der Waals surface area contributed by atoms with Gasteiger partial charge in [-0.3, -0.25) is 0 Å². The first-order valence-electron chi connectivity index (χ1n) is 9.36. The molecule has 0 bridgehead atoms. The lowest BCUT2D eigenvalue weighted by Gasteiger charge is -2.21. The zero-order chi connectivity index (χ0) is 18.8. The van der Waals surface area contributed by atoms with E-state index in [-0.39, 0.29) is 0 Å². The summed E-state index contributed by atoms with van der Waals surface area (Å²) in [6.45, 7) is 7.91. The molecule has 0 aliphatic carbocycles. The summed E-state index contributed by atoms with van der Waals surface area (Å²) in [7, 11) is 2.04. The molecule has 0 spiro atoms. The Morgan fingerprint density at radius 1 is 1.04 bits per heavy atom. The number of nitrogens with one attached hydrogen (secondary N) is 1. The van der Waals surface area contributed by atoms with Crippen LogP contribution in [0.15, 0.2) is 48.5 Å². The number of likely N-dealkylation sites (N-methyl/N-ethyl adjacent to an activating group) is 1. The van der Waals surface area contributed by atoms with Crippen molar-refractivity contribution in [3.05, 3.63) is 65.2 Å². The smallest absolute Gasteiger partial charge is 0.122 e. The van der Waals surface area contributed by atoms with Gasteiger partial charge in [-0.2, -0.15) is 0 Å². The number of hydrogen-bond acceptors (Lipinski definition) is 4. The van der Waals surface area contributed by atoms with E-state index in [0.29, 0.717) is 13.2 Å². The Kier molecular flexibility index (Phi) is 8.62. The molecule has 0 heterocycles. The molecular weight excluding hydrogens is 324 g/mol. The van der Waals surface area contributed by atoms with Crippen molar-refractivity contribution in [2.24, 2.45) is 0 Å². The van der Waals surface area contributed by atoms with Crippen LogP contribution in [0.1, 0.15) is 23.1 Å². The van der Waals surface area contributed by atoms with Crippen LogP contribution in [0.5, 0.6) is 5.75 Å². The van der Waals surface area contributed by atoms with E-state index in [2.05, 4.69) is 41.4 Å². The molecule has 0 saturated heterocycles. The summed E-state index contributed by atoms with van der Waals surface area (Å²) in [4.78, 5) is 2.15. The molecule has 1 unspecified atom stereocenters. The molecule has 2 aromatic carbocycles. The van der Waals surface area contributed by atoms with E-state index in [1.54, 1.807) is 0 Å². The van der Waals surface area contributed by atoms with Gasteiger partial charge >= 0.3 is 0 Å². The first-order valence-corrected chi connectivity index (χ1v) is 9.36. The zero-order valence-electron chi connectivity index (χ0n) is 16.2. The highest BCUT2D eigenvalue weighted by molar-refractivity contribution is 5.31. The van der Waals surface area contributed by atoms with Crippen molar-refractivity contribution in [1.82, 2.24) is 10.2 Å². The van der Waals surface area contributed by atoms with E-state index in [4.69, 9.17) is 4.74 Å². The number of rotatable bonds is 11. The summed E-state index contributed by atoms with van der Waals surface area (Å²) >= 11 is 0. The molecule has 142 valence electrons. The number of aryl methyl sites for hydroxylation is 2. The number of hydrogen-bond donors (Lipinski definition) is 2. The lowest BCUT2D eigenvalue weighted by Crippen LogP contribution is -2.34. The highest BCUT2D eigenvalue weighted by Crippen LogP contribution is 2.16. The van der Waals surface area contributed by atoms with Gasteiger partial charge in [0.1, 0.15) is 18.5 Å². The molecule has 0 aliphatic rings. The molecule has 0 aliphatic heterocycles. The number of benzene rings is 2. The molecule has 26 heavy (non-hydrogen) atoms. The molecule has 0 amide bonds. The van der Waals surface area contributed by atoms with Gasteiger partial charge < -0.3 is 20.1 Å². The number of para-hydroxylation sites is 1. The fraction of sp³-hybridized carbons (Fsp3) is 0.455. The second-order valence-corrected chi connectivity index (χ2v) is 6.95. The highest BCUT2D eigenvalue weighted by Gasteiger charge is 2.09. The SMILES string of the molecule is Cc1ccccc1CNCCCN(C)CC(O)COc1ccccc1C. The maximum Gasteiger partial charge on any atom is 0.122 e. The minimum absolute atomic E-state index is 0.320. The van der Waals surface area contributed by atoms with Crippen LogP contribution in [0.25, 0.3) is 0 Å². The fourth-order valence-corrected chi connectivity index (χ4v) is 2.91. The summed E-state index contributed by atoms with van der Waals surface area (Å²) < 4.78 is 5.71. The monoisotopic (exact) mass is 356 g/mol. The zero-order valence-corrected chi connectivity index (χ0v) is 16.2. The first-order chi connectivity index (χ1) is 12.6. The van der Waals surface area contributed by atoms with E-state index in [0.717, 1.165) is 37.4 Å². The van der Waals surface area contributed by atoms with Gasteiger partial charge in [0.25, 0.3) is 0 Å². The topological polar surface area (TPSA) is 44.7 Å². The number of aliphatic hydroxyl groups excluding tert-OH is 1. The van der Waals surface area contributed by atoms with Crippen LogP contribution in [0, 0.1) is 13.8 Å². The second kappa shape index (κ2) is 11.0. The maximum absolute atomic E-state index is 10.2. The standard InChI is InChI=1S/C22H32N2O2/c1-18-9-4-6-11-20(18)15-23-13-8-14-24(3)16-21(25)17-26-22-12-7-5-10-19(22)2/h4-7,9-12,21,23,25H,8,13-17H2,1-3H3. The molecule has 4 heteroatoms. The van der Waals surface area contributed by atoms with Crippen molar-refractivity contribution < 1.29 is 9.84 Å². The van der Waals surface area contributed by atoms with Crippen LogP contribution in [0.2, 0.25) is 0 Å². The Balaban J connectivity index is 1.57. The first kappa shape index (κ1) is 20.4. The number of nitrogens with zero attached hydrogens (tertiary/aromatic N) is 1. The third-order valence-electron chi connectivity index (χ3n) is 4.52. The Hall–Kier alpha value is -1.88. The average Bonchev–Trinajstić information content (AvgIpc) is 2.62. The van der Waals surface area contributed by atoms with Crippen LogP contribution in [0.3, 0.4) is 0 Å². The number of ether oxygens (including phenoxy) is 1. The molecule has 1 atom stereocenters. The molecular formula is C22H32N2O2. The summed E-state index contributed by atoms with van der Waals surface area (Å²) in [5.41, 5.74) is 3.77. The largest absolute Gasteiger partial charge is 0.491 e. The van der Waals surface area contributed by atoms with E-state index in [1.807, 2.05) is 38.2 Å². The summed E-state index contributed by atoms with van der Waals surface area (Å²) in [6, 6.07) is 16.3. The molecule has 0 radical (unpaired) electrons. The van der Waals surface area contributed by atoms with Crippen LogP contribution < -0.4 is 10.1 Å². The minimum Gasteiger partial charge on any atom is -0.491 e. The summed E-state index contributed by atoms with van der Waals surface area (Å²) in [5.74, 6) is 0.842. The van der Waals surface area contributed by atoms with Crippen molar-refractivity contribution in [3.8, 4) is 5.75 Å². The van der Waals surface area contributed by atoms with Crippen molar-refractivity contribution >= 4 is 0 Å². The van der Waals surface area contributed by atoms with E-state index >= 15 is 0 Å². The Labute approximate surface area is 157 Å². The average molecular weight is 357 g/mol. The Morgan fingerprint density at radius 3 is 2.46 bits per heavy atom. The summed E-state index contributed by atoms with van der Waals surface area (Å²) in [5, 5.41) is 13.7. The van der Waals surface area contributed by atoms with E-state index in [9.17, 15) is 5.11 Å². The molecule has 0 aromatic heterocycles. The van der Waals surface area contributed by atoms with Gasteiger partial charge in [0, 0.05) is 13.1 Å². The Bertz CT molecular complexity index is 660. The minimum atomic E-state index is -0.487. The van der Waals surface area contributed by atoms with Gasteiger partial charge in [-0.1, -0.05) is 42.5 Å². The molecule has 2 N–H and O–H groups in total. The Morgan fingerprint density at radius 2 is 1.73 bits per heavy atom. The predicted molar refractivity (Wildman–Crippen MR) is 108 cm³/mol. The number of aliphatic hydroxyl groups is 1. The van der Waals surface area contributed by atoms with Crippen LogP contribution in [0.4, 0.5) is 0 Å². The van der Waals surface area contributed by atoms with Gasteiger partial charge in [0.2, 0.25) is 0 Å². The molecule has 2 aromatic rings. The second-order valence-electron chi connectivity index (χ2n) is 6.95. The van der Waals surface area contributed by atoms with E-state index < -0.39 is 6.10 Å². The maximum atomic E-state index is 10.2. The van der Waals surface area contributed by atoms with Crippen molar-refractivity contribution in [2.75, 3.05) is 33.3 Å². The van der Waals surface area contributed by atoms with Crippen molar-refractivity contribution in [1.29, 1.82) is 0 Å². The molecule has 2 rings (SSSR count). The van der Waals surface area contributed by atoms with Gasteiger partial charge in [0.15, 0.2) is 0 Å². The lowest BCUT2D eigenvalue weighted by molar-refractivity contribution is 0.0758. The van der Waals surface area contributed by atoms with Gasteiger partial charge in [-0.25, -0.2) is 0 Å². The van der Waals surface area contributed by atoms with E-state index in [1.165, 1.54) is 11.1 Å². The molecule has 0 fully saturated rings. The van der Waals surface area contributed by atoms with Gasteiger partial charge in [-0.15, -0.1) is 0 Å². The van der Waals surface area contributed by atoms with Crippen LogP contribution in [-0.2, 0) is 6.54 Å². The third kappa shape index (κ3) is 7.16. The lowest BCUT2D eigenvalue weighted by atomic mass is 10.1. The van der Waals surface area contributed by atoms with Crippen molar-refractivity contribution in [2.45, 2.75) is 32.9 Å². The highest BCUT2D eigenvalue weighted by atomic mass is 16.5.